The predicted molar refractivity (Wildman–Crippen MR) is 149 cm³/mol. The number of benzene rings is 1. The Labute approximate surface area is 236 Å². The second kappa shape index (κ2) is 12.3. The van der Waals surface area contributed by atoms with Crippen LogP contribution in [-0.2, 0) is 14.4 Å². The quantitative estimate of drug-likeness (QED) is 0.416. The van der Waals surface area contributed by atoms with E-state index < -0.39 is 48.1 Å². The number of aromatic nitrogens is 1. The van der Waals surface area contributed by atoms with Crippen molar-refractivity contribution in [3.63, 3.8) is 0 Å². The van der Waals surface area contributed by atoms with Gasteiger partial charge in [-0.2, -0.15) is 13.2 Å². The van der Waals surface area contributed by atoms with Crippen LogP contribution in [0, 0.1) is 5.92 Å². The number of fused-ring (bicyclic) bond motifs is 4. The molecule has 2 aliphatic heterocycles. The summed E-state index contributed by atoms with van der Waals surface area (Å²) in [6.07, 6.45) is 1.31. The van der Waals surface area contributed by atoms with Crippen LogP contribution in [0.3, 0.4) is 0 Å². The normalized spacial score (nSPS) is 26.0. The maximum atomic E-state index is 14.2. The largest absolute Gasteiger partial charge is 0.412 e. The van der Waals surface area contributed by atoms with Gasteiger partial charge < -0.3 is 16.0 Å². The maximum absolute atomic E-state index is 14.2. The Balaban J connectivity index is 1.71. The van der Waals surface area contributed by atoms with Gasteiger partial charge in [0.25, 0.3) is 5.91 Å². The molecule has 12 heteroatoms. The van der Waals surface area contributed by atoms with Crippen LogP contribution in [0.15, 0.2) is 48.8 Å². The lowest BCUT2D eigenvalue weighted by Gasteiger charge is -2.36. The molecule has 4 N–H and O–H groups in total. The fraction of sp³-hybridized carbons (Fsp3) is 0.448. The Morgan fingerprint density at radius 3 is 2.51 bits per heavy atom. The summed E-state index contributed by atoms with van der Waals surface area (Å²) in [5, 5.41) is 10.3. The van der Waals surface area contributed by atoms with Crippen molar-refractivity contribution < 1.29 is 27.6 Å². The van der Waals surface area contributed by atoms with E-state index in [0.29, 0.717) is 35.0 Å². The molecule has 9 nitrogen and oxygen atoms in total. The van der Waals surface area contributed by atoms with E-state index in [1.807, 2.05) is 13.8 Å². The average molecular weight is 573 g/mol. The van der Waals surface area contributed by atoms with Crippen LogP contribution < -0.4 is 21.4 Å². The van der Waals surface area contributed by atoms with Gasteiger partial charge in [0, 0.05) is 30.2 Å². The van der Waals surface area contributed by atoms with E-state index in [-0.39, 0.29) is 24.4 Å². The average Bonchev–Trinajstić information content (AvgIpc) is 2.92. The first-order chi connectivity index (χ1) is 19.3. The Hall–Kier alpha value is -3.93. The molecule has 1 aromatic carbocycles. The fourth-order valence-electron chi connectivity index (χ4n) is 4.91. The molecule has 41 heavy (non-hydrogen) atoms. The zero-order chi connectivity index (χ0) is 29.9. The number of alkyl halides is 3. The molecule has 0 spiro atoms. The minimum Gasteiger partial charge on any atom is -0.377 e. The fourth-order valence-corrected chi connectivity index (χ4v) is 4.91. The van der Waals surface area contributed by atoms with Crippen molar-refractivity contribution in [2.24, 2.45) is 5.92 Å². The van der Waals surface area contributed by atoms with E-state index in [1.54, 1.807) is 24.4 Å². The molecule has 0 aliphatic carbocycles. The minimum absolute atomic E-state index is 0.122. The van der Waals surface area contributed by atoms with Gasteiger partial charge in [-0.3, -0.25) is 24.4 Å². The molecule has 1 aromatic heterocycles. The van der Waals surface area contributed by atoms with E-state index >= 15 is 0 Å². The highest BCUT2D eigenvalue weighted by atomic mass is 19.4. The molecule has 5 bridgehead atoms. The molecule has 1 saturated heterocycles. The summed E-state index contributed by atoms with van der Waals surface area (Å²) in [6, 6.07) is 0.988. The predicted octanol–water partition coefficient (Wildman–Crippen LogP) is 3.50. The summed E-state index contributed by atoms with van der Waals surface area (Å²) in [5.74, 6) is -1.91. The highest BCUT2D eigenvalue weighted by molar-refractivity contribution is 5.90. The molecule has 4 rings (SSSR count). The SMILES string of the molecule is C=C1C/C=C/c2cc3cc(ccc3cn2)[C@@H](C(F)(F)F)NC(=O)[C@@H]2CCCN(N2)C(=O)[C@H](C)NC(=O)[C@H](C(C)C)N1. The molecular weight excluding hydrogens is 537 g/mol. The summed E-state index contributed by atoms with van der Waals surface area (Å²) in [5.41, 5.74) is 3.73. The third-order valence-corrected chi connectivity index (χ3v) is 7.17. The van der Waals surface area contributed by atoms with Gasteiger partial charge in [-0.05, 0) is 54.8 Å². The van der Waals surface area contributed by atoms with Gasteiger partial charge in [-0.25, -0.2) is 5.43 Å². The van der Waals surface area contributed by atoms with Gasteiger partial charge >= 0.3 is 6.18 Å². The number of amides is 3. The van der Waals surface area contributed by atoms with Crippen molar-refractivity contribution in [1.82, 2.24) is 31.4 Å². The van der Waals surface area contributed by atoms with Crippen molar-refractivity contribution in [3.8, 4) is 0 Å². The smallest absolute Gasteiger partial charge is 0.377 e. The number of hydrazine groups is 1. The molecule has 0 unspecified atom stereocenters. The number of carbonyl (C=O) groups is 3. The Kier molecular flexibility index (Phi) is 9.01. The lowest BCUT2D eigenvalue weighted by molar-refractivity contribution is -0.165. The lowest BCUT2D eigenvalue weighted by Crippen LogP contribution is -2.62. The van der Waals surface area contributed by atoms with Gasteiger partial charge in [0.1, 0.15) is 18.1 Å². The van der Waals surface area contributed by atoms with E-state index in [1.165, 1.54) is 30.1 Å². The monoisotopic (exact) mass is 572 g/mol. The molecule has 2 aliphatic rings. The van der Waals surface area contributed by atoms with Crippen LogP contribution in [0.25, 0.3) is 16.8 Å². The van der Waals surface area contributed by atoms with Crippen molar-refractivity contribution in [2.45, 2.75) is 70.4 Å². The number of halogens is 3. The zero-order valence-corrected chi connectivity index (χ0v) is 23.2. The van der Waals surface area contributed by atoms with Crippen LogP contribution >= 0.6 is 0 Å². The molecular formula is C29H35F3N6O3. The summed E-state index contributed by atoms with van der Waals surface area (Å²) >= 11 is 0. The van der Waals surface area contributed by atoms with Gasteiger partial charge in [-0.15, -0.1) is 0 Å². The van der Waals surface area contributed by atoms with E-state index in [2.05, 4.69) is 32.9 Å². The summed E-state index contributed by atoms with van der Waals surface area (Å²) < 4.78 is 42.6. The molecule has 1 fully saturated rings. The van der Waals surface area contributed by atoms with Gasteiger partial charge in [-0.1, -0.05) is 38.6 Å². The molecule has 2 aromatic rings. The number of nitrogens with zero attached hydrogens (tertiary/aromatic N) is 2. The second-order valence-corrected chi connectivity index (χ2v) is 10.8. The Morgan fingerprint density at radius 1 is 1.05 bits per heavy atom. The molecule has 220 valence electrons. The molecule has 3 heterocycles. The first-order valence-corrected chi connectivity index (χ1v) is 13.6. The number of rotatable bonds is 1. The minimum atomic E-state index is -4.77. The van der Waals surface area contributed by atoms with Crippen LogP contribution in [-0.4, -0.2) is 58.6 Å². The van der Waals surface area contributed by atoms with E-state index in [0.717, 1.165) is 0 Å². The van der Waals surface area contributed by atoms with Crippen LogP contribution in [0.1, 0.15) is 57.3 Å². The van der Waals surface area contributed by atoms with Crippen LogP contribution in [0.2, 0.25) is 0 Å². The standard InChI is InChI=1S/C29H35F3N6O3/c1-16(2)24-27(40)35-18(4)28(41)38-12-6-9-23(37-38)26(39)36-25(29(30,31)32)19-10-11-20-15-33-22(14-21(20)13-19)8-5-7-17(3)34-24/h5,8,10-11,13-16,18,23-25,34,37H,3,6-7,9,12H2,1-2,4H3,(H,35,40)(H,36,39)/b8-5+/t18-,23-,24-,25-/m0/s1. The van der Waals surface area contributed by atoms with Crippen LogP contribution in [0.4, 0.5) is 13.2 Å². The number of carbonyl (C=O) groups excluding carboxylic acids is 3. The Morgan fingerprint density at radius 2 is 1.80 bits per heavy atom. The highest BCUT2D eigenvalue weighted by Crippen LogP contribution is 2.34. The first kappa shape index (κ1) is 30.0. The number of nitrogens with one attached hydrogen (secondary N) is 4. The molecule has 0 radical (unpaired) electrons. The number of pyridine rings is 1. The zero-order valence-electron chi connectivity index (χ0n) is 23.2. The van der Waals surface area contributed by atoms with Gasteiger partial charge in [0.05, 0.1) is 5.69 Å². The lowest BCUT2D eigenvalue weighted by atomic mass is 10.0. The van der Waals surface area contributed by atoms with Crippen molar-refractivity contribution >= 4 is 34.6 Å². The second-order valence-electron chi connectivity index (χ2n) is 10.8. The van der Waals surface area contributed by atoms with Crippen LogP contribution in [0.5, 0.6) is 0 Å². The van der Waals surface area contributed by atoms with Crippen molar-refractivity contribution in [2.75, 3.05) is 6.54 Å². The topological polar surface area (TPSA) is 115 Å². The van der Waals surface area contributed by atoms with Gasteiger partial charge in [0.15, 0.2) is 6.04 Å². The number of hydrogen-bond acceptors (Lipinski definition) is 6. The molecule has 4 atom stereocenters. The van der Waals surface area contributed by atoms with Crippen molar-refractivity contribution in [1.29, 1.82) is 0 Å². The molecule has 3 amide bonds. The summed E-state index contributed by atoms with van der Waals surface area (Å²) in [6.45, 7) is 9.50. The van der Waals surface area contributed by atoms with Crippen molar-refractivity contribution in [3.05, 3.63) is 60.1 Å². The third kappa shape index (κ3) is 7.24. The highest BCUT2D eigenvalue weighted by Gasteiger charge is 2.43. The number of allylic oxidation sites excluding steroid dienone is 1. The first-order valence-electron chi connectivity index (χ1n) is 13.6. The maximum Gasteiger partial charge on any atom is 0.412 e. The third-order valence-electron chi connectivity index (χ3n) is 7.17. The summed E-state index contributed by atoms with van der Waals surface area (Å²) in [7, 11) is 0. The summed E-state index contributed by atoms with van der Waals surface area (Å²) in [4.78, 5) is 43.7. The molecule has 0 saturated carbocycles. The van der Waals surface area contributed by atoms with E-state index in [4.69, 9.17) is 0 Å². The Bertz CT molecular complexity index is 1360. The van der Waals surface area contributed by atoms with Gasteiger partial charge in [0.2, 0.25) is 11.8 Å². The van der Waals surface area contributed by atoms with E-state index in [9.17, 15) is 27.6 Å². The number of hydrogen-bond donors (Lipinski definition) is 4.